The molecule has 0 unspecified atom stereocenters. The van der Waals surface area contributed by atoms with Gasteiger partial charge in [0.25, 0.3) is 16.1 Å². The number of nitrogens with one attached hydrogen (secondary N) is 2. The molecule has 186 valence electrons. The molecule has 1 heterocycles. The molecule has 0 bridgehead atoms. The number of phenolic OH excluding ortho intramolecular Hbond substituents is 1. The Hall–Kier alpha value is -2.73. The van der Waals surface area contributed by atoms with Crippen molar-refractivity contribution in [2.24, 2.45) is 0 Å². The van der Waals surface area contributed by atoms with Gasteiger partial charge in [-0.1, -0.05) is 18.2 Å². The maximum Gasteiger partial charge on any atom is 0.279 e. The lowest BCUT2D eigenvalue weighted by Gasteiger charge is -2.42. The summed E-state index contributed by atoms with van der Waals surface area (Å²) in [6.45, 7) is 1.76. The van der Waals surface area contributed by atoms with Crippen LogP contribution in [0.1, 0.15) is 35.7 Å². The van der Waals surface area contributed by atoms with E-state index in [-0.39, 0.29) is 43.2 Å². The van der Waals surface area contributed by atoms with Crippen LogP contribution < -0.4 is 14.8 Å². The highest BCUT2D eigenvalue weighted by atomic mass is 32.2. The zero-order valence-electron chi connectivity index (χ0n) is 19.1. The normalized spacial score (nSPS) is 17.2. The van der Waals surface area contributed by atoms with E-state index in [0.717, 1.165) is 0 Å². The quantitative estimate of drug-likeness (QED) is 0.418. The van der Waals surface area contributed by atoms with Gasteiger partial charge in [0.1, 0.15) is 22.9 Å². The maximum absolute atomic E-state index is 14.1. The fraction of sp³-hybridized carbons (Fsp3) is 0.435. The second-order valence-electron chi connectivity index (χ2n) is 8.43. The summed E-state index contributed by atoms with van der Waals surface area (Å²) in [4.78, 5) is 12.9. The number of hydrogen-bond acceptors (Lipinski definition) is 6. The number of halogens is 1. The van der Waals surface area contributed by atoms with Gasteiger partial charge in [-0.25, -0.2) is 4.39 Å². The minimum Gasteiger partial charge on any atom is -0.507 e. The number of carbonyl (C=O) groups is 1. The summed E-state index contributed by atoms with van der Waals surface area (Å²) in [6.07, 6.45) is -0.179. The lowest BCUT2D eigenvalue weighted by molar-refractivity contribution is 0.0927. The van der Waals surface area contributed by atoms with Crippen LogP contribution in [0.4, 0.5) is 4.39 Å². The zero-order valence-corrected chi connectivity index (χ0v) is 19.9. The van der Waals surface area contributed by atoms with Crippen LogP contribution in [0.2, 0.25) is 0 Å². The Bertz CT molecular complexity index is 1120. The van der Waals surface area contributed by atoms with Crippen LogP contribution in [0.3, 0.4) is 0 Å². The lowest BCUT2D eigenvalue weighted by atomic mass is 9.73. The van der Waals surface area contributed by atoms with E-state index < -0.39 is 33.5 Å². The van der Waals surface area contributed by atoms with Gasteiger partial charge in [-0.05, 0) is 49.6 Å². The van der Waals surface area contributed by atoms with Crippen molar-refractivity contribution < 1.29 is 32.6 Å². The molecule has 3 rings (SSSR count). The molecule has 0 aliphatic carbocycles. The average Bonchev–Trinajstić information content (AvgIpc) is 2.81. The predicted octanol–water partition coefficient (Wildman–Crippen LogP) is 1.52. The molecule has 1 aliphatic rings. The van der Waals surface area contributed by atoms with Gasteiger partial charge >= 0.3 is 0 Å². The first kappa shape index (κ1) is 25.9. The molecule has 11 heteroatoms. The molecule has 0 saturated carbocycles. The Balaban J connectivity index is 1.82. The Morgan fingerprint density at radius 2 is 1.91 bits per heavy atom. The van der Waals surface area contributed by atoms with E-state index in [1.807, 2.05) is 0 Å². The van der Waals surface area contributed by atoms with E-state index in [0.29, 0.717) is 18.4 Å². The van der Waals surface area contributed by atoms with E-state index in [1.54, 1.807) is 24.3 Å². The summed E-state index contributed by atoms with van der Waals surface area (Å²) >= 11 is 0. The van der Waals surface area contributed by atoms with Gasteiger partial charge in [-0.2, -0.15) is 17.4 Å². The number of hydrogen-bond donors (Lipinski definition) is 4. The number of carbonyl (C=O) groups excluding carboxylic acids is 1. The van der Waals surface area contributed by atoms with Gasteiger partial charge in [0, 0.05) is 31.6 Å². The molecule has 9 nitrogen and oxygen atoms in total. The minimum absolute atomic E-state index is 0.0123. The standard InChI is InChI=1S/C23H30FN3O6S/c1-16(28)14-26-34(31,32)27-11-9-23(10-12-27,17-5-3-6-18(24)13-17)15-25-22(30)21-19(29)7-4-8-20(21)33-2/h3-8,13,16,26,28-29H,9-12,14-15H2,1-2H3,(H,25,30)/t16-/m0/s1. The van der Waals surface area contributed by atoms with Crippen molar-refractivity contribution in [1.29, 1.82) is 0 Å². The number of nitrogens with zero attached hydrogens (tertiary/aromatic N) is 1. The molecule has 1 aliphatic heterocycles. The summed E-state index contributed by atoms with van der Waals surface area (Å²) in [5.41, 5.74) is -0.0983. The van der Waals surface area contributed by atoms with Crippen molar-refractivity contribution in [2.75, 3.05) is 33.3 Å². The van der Waals surface area contributed by atoms with Crippen LogP contribution in [-0.2, 0) is 15.6 Å². The van der Waals surface area contributed by atoms with Gasteiger partial charge in [-0.3, -0.25) is 4.79 Å². The molecular formula is C23H30FN3O6S. The molecule has 0 spiro atoms. The summed E-state index contributed by atoms with van der Waals surface area (Å²) in [6, 6.07) is 10.5. The summed E-state index contributed by atoms with van der Waals surface area (Å²) in [7, 11) is -2.41. The van der Waals surface area contributed by atoms with E-state index in [9.17, 15) is 27.8 Å². The number of methoxy groups -OCH3 is 1. The van der Waals surface area contributed by atoms with Crippen LogP contribution in [0.5, 0.6) is 11.5 Å². The lowest BCUT2D eigenvalue weighted by Crippen LogP contribution is -2.53. The third kappa shape index (κ3) is 5.84. The van der Waals surface area contributed by atoms with Gasteiger partial charge in [0.2, 0.25) is 0 Å². The molecule has 1 saturated heterocycles. The molecule has 2 aromatic rings. The smallest absolute Gasteiger partial charge is 0.279 e. The third-order valence-electron chi connectivity index (χ3n) is 6.06. The molecule has 1 amide bonds. The summed E-state index contributed by atoms with van der Waals surface area (Å²) < 4.78 is 48.1. The largest absolute Gasteiger partial charge is 0.507 e. The molecule has 1 fully saturated rings. The van der Waals surface area contributed by atoms with Crippen LogP contribution in [0, 0.1) is 5.82 Å². The van der Waals surface area contributed by atoms with Gasteiger partial charge < -0.3 is 20.3 Å². The summed E-state index contributed by atoms with van der Waals surface area (Å²) in [5.74, 6) is -1.01. The number of aromatic hydroxyl groups is 1. The number of piperidine rings is 1. The molecule has 2 aromatic carbocycles. The number of amides is 1. The van der Waals surface area contributed by atoms with Gasteiger partial charge in [-0.15, -0.1) is 0 Å². The van der Waals surface area contributed by atoms with E-state index >= 15 is 0 Å². The third-order valence-corrected chi connectivity index (χ3v) is 7.63. The van der Waals surface area contributed by atoms with Crippen molar-refractivity contribution in [3.63, 3.8) is 0 Å². The Kier molecular flexibility index (Phi) is 8.13. The zero-order chi connectivity index (χ0) is 24.9. The second-order valence-corrected chi connectivity index (χ2v) is 10.2. The number of ether oxygens (including phenoxy) is 1. The molecule has 4 N–H and O–H groups in total. The first-order valence-electron chi connectivity index (χ1n) is 10.9. The first-order valence-corrected chi connectivity index (χ1v) is 12.3. The Labute approximate surface area is 198 Å². The van der Waals surface area contributed by atoms with E-state index in [4.69, 9.17) is 4.74 Å². The highest BCUT2D eigenvalue weighted by Crippen LogP contribution is 2.36. The molecule has 0 aromatic heterocycles. The minimum atomic E-state index is -3.80. The number of aliphatic hydroxyl groups is 1. The van der Waals surface area contributed by atoms with Crippen LogP contribution in [0.15, 0.2) is 42.5 Å². The fourth-order valence-electron chi connectivity index (χ4n) is 4.11. The van der Waals surface area contributed by atoms with Crippen molar-refractivity contribution in [3.05, 3.63) is 59.4 Å². The number of benzene rings is 2. The Morgan fingerprint density at radius 3 is 2.53 bits per heavy atom. The first-order chi connectivity index (χ1) is 16.1. The molecular weight excluding hydrogens is 465 g/mol. The van der Waals surface area contributed by atoms with E-state index in [2.05, 4.69) is 10.0 Å². The number of aliphatic hydroxyl groups excluding tert-OH is 1. The predicted molar refractivity (Wildman–Crippen MR) is 124 cm³/mol. The second kappa shape index (κ2) is 10.7. The van der Waals surface area contributed by atoms with Crippen molar-refractivity contribution in [2.45, 2.75) is 31.3 Å². The van der Waals surface area contributed by atoms with Gasteiger partial charge in [0.15, 0.2) is 0 Å². The highest BCUT2D eigenvalue weighted by Gasteiger charge is 2.40. The number of phenols is 1. The molecule has 0 radical (unpaired) electrons. The van der Waals surface area contributed by atoms with Crippen LogP contribution >= 0.6 is 0 Å². The molecule has 1 atom stereocenters. The van der Waals surface area contributed by atoms with E-state index in [1.165, 1.54) is 36.5 Å². The van der Waals surface area contributed by atoms with Crippen molar-refractivity contribution in [1.82, 2.24) is 14.3 Å². The topological polar surface area (TPSA) is 128 Å². The average molecular weight is 496 g/mol. The Morgan fingerprint density at radius 1 is 1.24 bits per heavy atom. The van der Waals surface area contributed by atoms with Crippen molar-refractivity contribution in [3.8, 4) is 11.5 Å². The van der Waals surface area contributed by atoms with Crippen LogP contribution in [-0.4, -0.2) is 68.2 Å². The monoisotopic (exact) mass is 495 g/mol. The fourth-order valence-corrected chi connectivity index (χ4v) is 5.41. The molecule has 34 heavy (non-hydrogen) atoms. The number of rotatable bonds is 9. The SMILES string of the molecule is COc1cccc(O)c1C(=O)NCC1(c2cccc(F)c2)CCN(S(=O)(=O)NC[C@H](C)O)CC1. The van der Waals surface area contributed by atoms with Gasteiger partial charge in [0.05, 0.1) is 13.2 Å². The van der Waals surface area contributed by atoms with Crippen LogP contribution in [0.25, 0.3) is 0 Å². The highest BCUT2D eigenvalue weighted by molar-refractivity contribution is 7.87. The van der Waals surface area contributed by atoms with Crippen molar-refractivity contribution >= 4 is 16.1 Å². The summed E-state index contributed by atoms with van der Waals surface area (Å²) in [5, 5.41) is 22.4. The maximum atomic E-state index is 14.1.